The van der Waals surface area contributed by atoms with Gasteiger partial charge in [-0.05, 0) is 79.4 Å². The maximum Gasteiger partial charge on any atom is 0.414 e. The number of H-pyrrole nitrogens is 1. The predicted molar refractivity (Wildman–Crippen MR) is 191 cm³/mol. The number of nitrogens with zero attached hydrogens (tertiary/aromatic N) is 2. The van der Waals surface area contributed by atoms with E-state index in [1.54, 1.807) is 79.1 Å². The molecule has 0 unspecified atom stereocenters. The van der Waals surface area contributed by atoms with Crippen LogP contribution in [0.4, 0.5) is 10.5 Å². The van der Waals surface area contributed by atoms with Gasteiger partial charge in [-0.25, -0.2) is 14.6 Å². The Balaban J connectivity index is 1.24. The van der Waals surface area contributed by atoms with Gasteiger partial charge < -0.3 is 24.7 Å². The molecule has 3 aromatic carbocycles. The van der Waals surface area contributed by atoms with Crippen LogP contribution in [0.1, 0.15) is 56.4 Å². The fraction of sp³-hybridized carbons (Fsp3) is 0.316. The van der Waals surface area contributed by atoms with Crippen molar-refractivity contribution in [3.63, 3.8) is 0 Å². The van der Waals surface area contributed by atoms with Crippen LogP contribution in [-0.2, 0) is 22.4 Å². The number of pyridine rings is 1. The van der Waals surface area contributed by atoms with Crippen molar-refractivity contribution in [3.8, 4) is 11.5 Å². The third-order valence-electron chi connectivity index (χ3n) is 9.47. The molecule has 3 saturated heterocycles. The Kier molecular flexibility index (Phi) is 11.3. The molecule has 266 valence electrons. The average molecular weight is 735 g/mol. The first-order valence-corrected chi connectivity index (χ1v) is 17.4. The summed E-state index contributed by atoms with van der Waals surface area (Å²) in [4.78, 5) is 46.4. The third kappa shape index (κ3) is 8.22. The molecular formula is C38H39Cl2N4O7+. The summed E-state index contributed by atoms with van der Waals surface area (Å²) in [6.45, 7) is 2.76. The lowest BCUT2D eigenvalue weighted by atomic mass is 9.86. The zero-order valence-electron chi connectivity index (χ0n) is 28.3. The maximum atomic E-state index is 13.8. The number of halogens is 2. The molecule has 3 aliphatic heterocycles. The van der Waals surface area contributed by atoms with Crippen LogP contribution in [0.3, 0.4) is 0 Å². The smallest absolute Gasteiger partial charge is 0.414 e. The molecule has 7 rings (SSSR count). The van der Waals surface area contributed by atoms with Crippen molar-refractivity contribution in [2.24, 2.45) is 11.7 Å². The van der Waals surface area contributed by atoms with Gasteiger partial charge in [-0.1, -0.05) is 53.5 Å². The van der Waals surface area contributed by atoms with Crippen LogP contribution in [0, 0.1) is 5.92 Å². The Hall–Kier alpha value is -4.84. The minimum atomic E-state index is -0.795. The highest BCUT2D eigenvalue weighted by molar-refractivity contribution is 6.35. The lowest BCUT2D eigenvalue weighted by Crippen LogP contribution is -2.53. The lowest BCUT2D eigenvalue weighted by molar-refractivity contribution is -0.377. The van der Waals surface area contributed by atoms with Gasteiger partial charge in [0.15, 0.2) is 23.9 Å². The number of hydrogen-bond acceptors (Lipinski definition) is 8. The molecule has 2 amide bonds. The number of piperidine rings is 3. The highest BCUT2D eigenvalue weighted by atomic mass is 35.5. The number of nitrogens with two attached hydrogens (primary N) is 1. The normalized spacial score (nSPS) is 18.4. The Morgan fingerprint density at radius 1 is 0.941 bits per heavy atom. The van der Waals surface area contributed by atoms with Gasteiger partial charge in [0, 0.05) is 18.5 Å². The van der Waals surface area contributed by atoms with Crippen LogP contribution < -0.4 is 25.1 Å². The second-order valence-electron chi connectivity index (χ2n) is 12.6. The minimum Gasteiger partial charge on any atom is -0.493 e. The third-order valence-corrected chi connectivity index (χ3v) is 10.1. The molecule has 0 spiro atoms. The molecule has 3 N–H and O–H groups in total. The highest BCUT2D eigenvalue weighted by Gasteiger charge is 2.38. The van der Waals surface area contributed by atoms with Crippen molar-refractivity contribution in [1.29, 1.82) is 0 Å². The number of fused-ring (bicyclic) bond motifs is 3. The second-order valence-corrected chi connectivity index (χ2v) is 13.4. The van der Waals surface area contributed by atoms with E-state index in [1.807, 2.05) is 0 Å². The van der Waals surface area contributed by atoms with Gasteiger partial charge in [0.05, 0.1) is 37.6 Å². The van der Waals surface area contributed by atoms with Crippen molar-refractivity contribution in [3.05, 3.63) is 117 Å². The molecule has 13 heteroatoms. The van der Waals surface area contributed by atoms with Gasteiger partial charge in [-0.2, -0.15) is 0 Å². The standard InChI is InChI=1S/C38H38Cl2N4O7/c1-48-32-12-11-26(17-34(32)49-2)33(18-28-29(39)19-42-20-30(28)40)50-37(46)25-9-7-23(8-10-25)21-44(31-6-4-3-5-27(31)36(41)45)38(47)51-35-22-43-15-13-24(35)14-16-43/h3-12,17,19-20,24,33,35H,13-16,18,21-22H2,1-2H3,(H2,41,45)/p+1/t33-,35-/m0/s1. The van der Waals surface area contributed by atoms with E-state index in [0.29, 0.717) is 56.4 Å². The Bertz CT molecular complexity index is 1880. The van der Waals surface area contributed by atoms with E-state index in [1.165, 1.54) is 19.1 Å². The van der Waals surface area contributed by atoms with Crippen molar-refractivity contribution < 1.29 is 38.3 Å². The summed E-state index contributed by atoms with van der Waals surface area (Å²) >= 11 is 13.0. The molecule has 2 atom stereocenters. The number of aromatic amines is 1. The molecular weight excluding hydrogens is 695 g/mol. The Morgan fingerprint density at radius 3 is 2.25 bits per heavy atom. The molecule has 3 aliphatic rings. The number of anilines is 1. The molecule has 4 aromatic rings. The van der Waals surface area contributed by atoms with Crippen LogP contribution in [0.5, 0.6) is 11.5 Å². The summed E-state index contributed by atoms with van der Waals surface area (Å²) in [5.74, 6) is 0.0341. The fourth-order valence-electron chi connectivity index (χ4n) is 6.67. The van der Waals surface area contributed by atoms with Crippen LogP contribution in [0.25, 0.3) is 0 Å². The molecule has 11 nitrogen and oxygen atoms in total. The van der Waals surface area contributed by atoms with Crippen molar-refractivity contribution in [2.45, 2.75) is 38.0 Å². The first kappa shape index (κ1) is 36.0. The fourth-order valence-corrected chi connectivity index (χ4v) is 7.20. The van der Waals surface area contributed by atoms with Crippen LogP contribution in [-0.4, -0.2) is 62.8 Å². The van der Waals surface area contributed by atoms with Crippen molar-refractivity contribution >= 4 is 46.9 Å². The number of primary amides is 1. The van der Waals surface area contributed by atoms with E-state index in [0.717, 1.165) is 25.9 Å². The zero-order valence-corrected chi connectivity index (χ0v) is 29.8. The maximum absolute atomic E-state index is 13.8. The van der Waals surface area contributed by atoms with Crippen LogP contribution >= 0.6 is 23.2 Å². The van der Waals surface area contributed by atoms with E-state index in [-0.39, 0.29) is 30.2 Å². The van der Waals surface area contributed by atoms with Gasteiger partial charge in [0.1, 0.15) is 22.3 Å². The number of aromatic nitrogens is 1. The summed E-state index contributed by atoms with van der Waals surface area (Å²) < 4.78 is 23.0. The number of rotatable bonds is 12. The average Bonchev–Trinajstić information content (AvgIpc) is 3.15. The molecule has 2 bridgehead atoms. The van der Waals surface area contributed by atoms with Gasteiger partial charge in [-0.3, -0.25) is 14.6 Å². The predicted octanol–water partition coefficient (Wildman–Crippen LogP) is 6.30. The zero-order chi connectivity index (χ0) is 36.1. The number of para-hydroxylation sites is 1. The molecule has 4 heterocycles. The van der Waals surface area contributed by atoms with E-state index < -0.39 is 24.1 Å². The first-order valence-electron chi connectivity index (χ1n) is 16.6. The summed E-state index contributed by atoms with van der Waals surface area (Å²) in [6, 6.07) is 18.6. The summed E-state index contributed by atoms with van der Waals surface area (Å²) in [6.07, 6.45) is 3.74. The van der Waals surface area contributed by atoms with Crippen LogP contribution in [0.2, 0.25) is 10.0 Å². The van der Waals surface area contributed by atoms with Gasteiger partial charge >= 0.3 is 12.1 Å². The summed E-state index contributed by atoms with van der Waals surface area (Å²) in [7, 11) is 3.06. The van der Waals surface area contributed by atoms with E-state index in [9.17, 15) is 14.4 Å². The van der Waals surface area contributed by atoms with Crippen molar-refractivity contribution in [2.75, 3.05) is 38.8 Å². The molecule has 0 aliphatic carbocycles. The minimum absolute atomic E-state index is 0.0653. The summed E-state index contributed by atoms with van der Waals surface area (Å²) in [5, 5.41) is 0.783. The van der Waals surface area contributed by atoms with E-state index in [4.69, 9.17) is 47.9 Å². The molecule has 3 fully saturated rings. The van der Waals surface area contributed by atoms with Gasteiger partial charge in [0.25, 0.3) is 5.91 Å². The number of ether oxygens (including phenoxy) is 4. The number of methoxy groups -OCH3 is 2. The van der Waals surface area contributed by atoms with Crippen LogP contribution in [0.15, 0.2) is 79.1 Å². The first-order chi connectivity index (χ1) is 24.6. The highest BCUT2D eigenvalue weighted by Crippen LogP contribution is 2.36. The number of nitrogens with one attached hydrogen (secondary N) is 1. The quantitative estimate of drug-likeness (QED) is 0.168. The number of carbonyl (C=O) groups excluding carboxylic acids is 3. The number of amides is 2. The second kappa shape index (κ2) is 16.0. The monoisotopic (exact) mass is 733 g/mol. The van der Waals surface area contributed by atoms with Crippen molar-refractivity contribution in [1.82, 2.24) is 4.90 Å². The molecule has 51 heavy (non-hydrogen) atoms. The molecule has 0 saturated carbocycles. The molecule has 0 radical (unpaired) electrons. The lowest BCUT2D eigenvalue weighted by Gasteiger charge is -2.44. The Morgan fingerprint density at radius 2 is 1.63 bits per heavy atom. The SMILES string of the molecule is COc1ccc([C@H](Cc2c(Cl)c[nH+]cc2Cl)OC(=O)c2ccc(CN(C(=O)O[C@H]3CN4CCC3CC4)c3ccccc3C(N)=O)cc2)cc1OC. The largest absolute Gasteiger partial charge is 0.493 e. The number of benzene rings is 3. The Labute approximate surface area is 306 Å². The van der Waals surface area contributed by atoms with E-state index >= 15 is 0 Å². The number of hydrogen-bond donors (Lipinski definition) is 1. The molecule has 1 aromatic heterocycles. The number of carbonyl (C=O) groups is 3. The topological polar surface area (TPSA) is 135 Å². The summed E-state index contributed by atoms with van der Waals surface area (Å²) in [5.41, 5.74) is 8.45. The van der Waals surface area contributed by atoms with Gasteiger partial charge in [-0.15, -0.1) is 0 Å². The van der Waals surface area contributed by atoms with Gasteiger partial charge in [0.2, 0.25) is 0 Å². The van der Waals surface area contributed by atoms with E-state index in [2.05, 4.69) is 9.88 Å². The number of esters is 1.